The summed E-state index contributed by atoms with van der Waals surface area (Å²) >= 11 is 3.64. The van der Waals surface area contributed by atoms with Crippen LogP contribution in [0.1, 0.15) is 9.67 Å². The molecular formula is C11H8INOS. The second kappa shape index (κ2) is 4.76. The zero-order valence-electron chi connectivity index (χ0n) is 7.74. The minimum Gasteiger partial charge on any atom is -0.320 e. The molecule has 76 valence electrons. The maximum absolute atomic E-state index is 11.7. The molecule has 0 radical (unpaired) electrons. The molecule has 0 aliphatic rings. The lowest BCUT2D eigenvalue weighted by Gasteiger charge is -2.05. The fraction of sp³-hybridized carbons (Fsp3) is 0. The number of benzene rings is 1. The van der Waals surface area contributed by atoms with E-state index in [1.807, 2.05) is 41.8 Å². The second-order valence-corrected chi connectivity index (χ2v) is 5.02. The van der Waals surface area contributed by atoms with Crippen molar-refractivity contribution in [2.75, 3.05) is 5.32 Å². The van der Waals surface area contributed by atoms with Gasteiger partial charge in [0.2, 0.25) is 0 Å². The number of anilines is 1. The number of carbonyl (C=O) groups excluding carboxylic acids is 1. The number of halogens is 1. The van der Waals surface area contributed by atoms with E-state index >= 15 is 0 Å². The van der Waals surface area contributed by atoms with Crippen molar-refractivity contribution in [2.24, 2.45) is 0 Å². The van der Waals surface area contributed by atoms with E-state index in [4.69, 9.17) is 0 Å². The Balaban J connectivity index is 2.17. The number of amides is 1. The maximum Gasteiger partial charge on any atom is 0.265 e. The van der Waals surface area contributed by atoms with Crippen molar-refractivity contribution in [3.8, 4) is 0 Å². The molecule has 4 heteroatoms. The molecule has 1 aromatic carbocycles. The SMILES string of the molecule is O=C(Nc1ccccc1I)c1cccs1. The fourth-order valence-corrected chi connectivity index (χ4v) is 2.30. The van der Waals surface area contributed by atoms with Crippen molar-refractivity contribution in [3.05, 3.63) is 50.2 Å². The molecule has 0 fully saturated rings. The smallest absolute Gasteiger partial charge is 0.265 e. The van der Waals surface area contributed by atoms with Crippen LogP contribution >= 0.6 is 33.9 Å². The first-order chi connectivity index (χ1) is 7.27. The van der Waals surface area contributed by atoms with Crippen molar-refractivity contribution in [1.82, 2.24) is 0 Å². The normalized spacial score (nSPS) is 9.93. The quantitative estimate of drug-likeness (QED) is 0.838. The van der Waals surface area contributed by atoms with Crippen molar-refractivity contribution < 1.29 is 4.79 Å². The highest BCUT2D eigenvalue weighted by Gasteiger charge is 2.07. The van der Waals surface area contributed by atoms with Gasteiger partial charge in [0.25, 0.3) is 5.91 Å². The molecular weight excluding hydrogens is 321 g/mol. The lowest BCUT2D eigenvalue weighted by atomic mass is 10.3. The average Bonchev–Trinajstić information content (AvgIpc) is 2.74. The molecule has 0 aliphatic carbocycles. The Bertz CT molecular complexity index is 467. The molecule has 2 nitrogen and oxygen atoms in total. The molecule has 1 amide bonds. The van der Waals surface area contributed by atoms with E-state index in [-0.39, 0.29) is 5.91 Å². The van der Waals surface area contributed by atoms with Crippen LogP contribution in [0.3, 0.4) is 0 Å². The van der Waals surface area contributed by atoms with Crippen LogP contribution in [0.4, 0.5) is 5.69 Å². The molecule has 2 aromatic rings. The lowest BCUT2D eigenvalue weighted by Crippen LogP contribution is -2.10. The van der Waals surface area contributed by atoms with Gasteiger partial charge in [-0.3, -0.25) is 4.79 Å². The fourth-order valence-electron chi connectivity index (χ4n) is 1.15. The third-order valence-corrected chi connectivity index (χ3v) is 3.68. The van der Waals surface area contributed by atoms with E-state index in [9.17, 15) is 4.79 Å². The Labute approximate surface area is 105 Å². The van der Waals surface area contributed by atoms with Crippen LogP contribution in [0.15, 0.2) is 41.8 Å². The van der Waals surface area contributed by atoms with Gasteiger partial charge in [-0.25, -0.2) is 0 Å². The van der Waals surface area contributed by atoms with Gasteiger partial charge in [-0.15, -0.1) is 11.3 Å². The van der Waals surface area contributed by atoms with E-state index in [1.165, 1.54) is 11.3 Å². The van der Waals surface area contributed by atoms with Crippen molar-refractivity contribution in [1.29, 1.82) is 0 Å². The van der Waals surface area contributed by atoms with E-state index in [2.05, 4.69) is 27.9 Å². The summed E-state index contributed by atoms with van der Waals surface area (Å²) in [6, 6.07) is 11.4. The van der Waals surface area contributed by atoms with Crippen LogP contribution in [0.25, 0.3) is 0 Å². The van der Waals surface area contributed by atoms with Crippen molar-refractivity contribution >= 4 is 45.5 Å². The molecule has 1 aromatic heterocycles. The van der Waals surface area contributed by atoms with Crippen LogP contribution in [-0.4, -0.2) is 5.91 Å². The Hall–Kier alpha value is -0.880. The number of para-hydroxylation sites is 1. The third kappa shape index (κ3) is 2.57. The zero-order chi connectivity index (χ0) is 10.7. The summed E-state index contributed by atoms with van der Waals surface area (Å²) in [7, 11) is 0. The van der Waals surface area contributed by atoms with Gasteiger partial charge in [0.15, 0.2) is 0 Å². The van der Waals surface area contributed by atoms with Gasteiger partial charge in [-0.2, -0.15) is 0 Å². The molecule has 15 heavy (non-hydrogen) atoms. The van der Waals surface area contributed by atoms with Crippen LogP contribution in [-0.2, 0) is 0 Å². The molecule has 2 rings (SSSR count). The first-order valence-electron chi connectivity index (χ1n) is 4.37. The molecule has 0 spiro atoms. The summed E-state index contributed by atoms with van der Waals surface area (Å²) in [5.74, 6) is -0.0471. The summed E-state index contributed by atoms with van der Waals surface area (Å²) in [5, 5.41) is 4.77. The summed E-state index contributed by atoms with van der Waals surface area (Å²) in [6.07, 6.45) is 0. The predicted molar refractivity (Wildman–Crippen MR) is 71.4 cm³/mol. The lowest BCUT2D eigenvalue weighted by molar-refractivity contribution is 0.103. The highest BCUT2D eigenvalue weighted by molar-refractivity contribution is 14.1. The largest absolute Gasteiger partial charge is 0.320 e. The van der Waals surface area contributed by atoms with Crippen LogP contribution in [0.5, 0.6) is 0 Å². The Morgan fingerprint density at radius 3 is 2.67 bits per heavy atom. The zero-order valence-corrected chi connectivity index (χ0v) is 10.7. The number of nitrogens with one attached hydrogen (secondary N) is 1. The molecule has 1 heterocycles. The summed E-state index contributed by atoms with van der Waals surface area (Å²) in [6.45, 7) is 0. The van der Waals surface area contributed by atoms with E-state index < -0.39 is 0 Å². The highest BCUT2D eigenvalue weighted by atomic mass is 127. The number of thiophene rings is 1. The minimum atomic E-state index is -0.0471. The standard InChI is InChI=1S/C11H8INOS/c12-8-4-1-2-5-9(8)13-11(14)10-6-3-7-15-10/h1-7H,(H,13,14). The van der Waals surface area contributed by atoms with Crippen LogP contribution < -0.4 is 5.32 Å². The Morgan fingerprint density at radius 2 is 2.00 bits per heavy atom. The third-order valence-electron chi connectivity index (χ3n) is 1.87. The first-order valence-corrected chi connectivity index (χ1v) is 6.32. The van der Waals surface area contributed by atoms with Gasteiger partial charge in [0.05, 0.1) is 10.6 Å². The van der Waals surface area contributed by atoms with Crippen molar-refractivity contribution in [3.63, 3.8) is 0 Å². The van der Waals surface area contributed by atoms with Crippen LogP contribution in [0.2, 0.25) is 0 Å². The number of carbonyl (C=O) groups is 1. The molecule has 1 N–H and O–H groups in total. The second-order valence-electron chi connectivity index (χ2n) is 2.91. The summed E-state index contributed by atoms with van der Waals surface area (Å²) in [4.78, 5) is 12.5. The molecule has 0 bridgehead atoms. The van der Waals surface area contributed by atoms with Gasteiger partial charge >= 0.3 is 0 Å². The number of hydrogen-bond acceptors (Lipinski definition) is 2. The number of rotatable bonds is 2. The van der Waals surface area contributed by atoms with E-state index in [0.29, 0.717) is 0 Å². The maximum atomic E-state index is 11.7. The minimum absolute atomic E-state index is 0.0471. The Kier molecular flexibility index (Phi) is 3.37. The highest BCUT2D eigenvalue weighted by Crippen LogP contribution is 2.18. The van der Waals surface area contributed by atoms with Crippen LogP contribution in [0, 0.1) is 3.57 Å². The summed E-state index contributed by atoms with van der Waals surface area (Å²) in [5.41, 5.74) is 0.858. The number of hydrogen-bond donors (Lipinski definition) is 1. The average molecular weight is 329 g/mol. The van der Waals surface area contributed by atoms with Crippen molar-refractivity contribution in [2.45, 2.75) is 0 Å². The molecule has 0 atom stereocenters. The van der Waals surface area contributed by atoms with E-state index in [0.717, 1.165) is 14.1 Å². The molecule has 0 saturated heterocycles. The van der Waals surface area contributed by atoms with Gasteiger partial charge in [-0.1, -0.05) is 18.2 Å². The molecule has 0 saturated carbocycles. The van der Waals surface area contributed by atoms with Gasteiger partial charge in [0, 0.05) is 3.57 Å². The van der Waals surface area contributed by atoms with Gasteiger partial charge < -0.3 is 5.32 Å². The van der Waals surface area contributed by atoms with Gasteiger partial charge in [-0.05, 0) is 46.2 Å². The Morgan fingerprint density at radius 1 is 1.20 bits per heavy atom. The van der Waals surface area contributed by atoms with E-state index in [1.54, 1.807) is 0 Å². The monoisotopic (exact) mass is 329 g/mol. The topological polar surface area (TPSA) is 29.1 Å². The molecule has 0 unspecified atom stereocenters. The molecule has 0 aliphatic heterocycles. The predicted octanol–water partition coefficient (Wildman–Crippen LogP) is 3.61. The van der Waals surface area contributed by atoms with Gasteiger partial charge in [0.1, 0.15) is 0 Å². The first kappa shape index (κ1) is 10.6. The summed E-state index contributed by atoms with van der Waals surface area (Å²) < 4.78 is 1.04.